The highest BCUT2D eigenvalue weighted by Crippen LogP contribution is 2.25. The predicted molar refractivity (Wildman–Crippen MR) is 71.7 cm³/mol. The van der Waals surface area contributed by atoms with Gasteiger partial charge in [-0.1, -0.05) is 0 Å². The van der Waals surface area contributed by atoms with Gasteiger partial charge in [0.15, 0.2) is 0 Å². The molecule has 3 N–H and O–H groups in total. The minimum absolute atomic E-state index is 0.0900. The average Bonchev–Trinajstić information content (AvgIpc) is 2.29. The SMILES string of the molecule is Cc1cc(N)cc(S(=O)(=O)N(CCO)C(C)C)c1F. The first-order chi connectivity index (χ1) is 8.71. The standard InChI is InChI=1S/C12H19FN2O3S/c1-8(2)15(4-5-16)19(17,18)11-7-10(14)6-9(3)12(11)13/h6-8,16H,4-5,14H2,1-3H3. The summed E-state index contributed by atoms with van der Waals surface area (Å²) in [6.07, 6.45) is 0. The number of nitrogens with two attached hydrogens (primary N) is 1. The number of benzene rings is 1. The second kappa shape index (κ2) is 5.85. The molecule has 19 heavy (non-hydrogen) atoms. The number of aliphatic hydroxyl groups excluding tert-OH is 1. The van der Waals surface area contributed by atoms with Gasteiger partial charge >= 0.3 is 0 Å². The van der Waals surface area contributed by atoms with Crippen LogP contribution in [0, 0.1) is 12.7 Å². The van der Waals surface area contributed by atoms with E-state index in [1.807, 2.05) is 0 Å². The quantitative estimate of drug-likeness (QED) is 0.796. The van der Waals surface area contributed by atoms with Gasteiger partial charge in [0.25, 0.3) is 0 Å². The summed E-state index contributed by atoms with van der Waals surface area (Å²) in [5, 5.41) is 8.95. The molecule has 0 saturated heterocycles. The number of anilines is 1. The van der Waals surface area contributed by atoms with Gasteiger partial charge in [-0.05, 0) is 38.5 Å². The van der Waals surface area contributed by atoms with E-state index in [0.717, 1.165) is 10.4 Å². The molecular formula is C12H19FN2O3S. The summed E-state index contributed by atoms with van der Waals surface area (Å²) in [5.41, 5.74) is 5.93. The van der Waals surface area contributed by atoms with Gasteiger partial charge in [-0.3, -0.25) is 0 Å². The third-order valence-electron chi connectivity index (χ3n) is 2.73. The molecule has 0 spiro atoms. The van der Waals surface area contributed by atoms with Crippen LogP contribution in [-0.4, -0.2) is 37.0 Å². The Kier molecular flexibility index (Phi) is 4.89. The second-order valence-corrected chi connectivity index (χ2v) is 6.44. The van der Waals surface area contributed by atoms with Gasteiger partial charge in [0, 0.05) is 18.3 Å². The van der Waals surface area contributed by atoms with Crippen molar-refractivity contribution in [3.63, 3.8) is 0 Å². The molecule has 0 saturated carbocycles. The summed E-state index contributed by atoms with van der Waals surface area (Å²) in [6, 6.07) is 2.09. The third kappa shape index (κ3) is 3.23. The zero-order valence-corrected chi connectivity index (χ0v) is 12.0. The molecule has 0 aliphatic heterocycles. The lowest BCUT2D eigenvalue weighted by molar-refractivity contribution is 0.236. The van der Waals surface area contributed by atoms with Crippen LogP contribution in [0.3, 0.4) is 0 Å². The Balaban J connectivity index is 3.41. The van der Waals surface area contributed by atoms with Crippen LogP contribution < -0.4 is 5.73 Å². The van der Waals surface area contributed by atoms with E-state index in [4.69, 9.17) is 10.8 Å². The Hall–Kier alpha value is -1.18. The van der Waals surface area contributed by atoms with E-state index in [9.17, 15) is 12.8 Å². The largest absolute Gasteiger partial charge is 0.399 e. The van der Waals surface area contributed by atoms with Crippen molar-refractivity contribution in [1.82, 2.24) is 4.31 Å². The van der Waals surface area contributed by atoms with E-state index in [0.29, 0.717) is 0 Å². The van der Waals surface area contributed by atoms with Crippen molar-refractivity contribution in [1.29, 1.82) is 0 Å². The van der Waals surface area contributed by atoms with Crippen LogP contribution in [-0.2, 0) is 10.0 Å². The van der Waals surface area contributed by atoms with Gasteiger partial charge in [0.1, 0.15) is 10.7 Å². The number of aliphatic hydroxyl groups is 1. The third-order valence-corrected chi connectivity index (χ3v) is 4.80. The monoisotopic (exact) mass is 290 g/mol. The smallest absolute Gasteiger partial charge is 0.246 e. The second-order valence-electron chi connectivity index (χ2n) is 4.58. The number of hydrogen-bond acceptors (Lipinski definition) is 4. The number of nitrogens with zero attached hydrogens (tertiary/aromatic N) is 1. The van der Waals surface area contributed by atoms with E-state index in [1.165, 1.54) is 13.0 Å². The molecule has 5 nitrogen and oxygen atoms in total. The number of aryl methyl sites for hydroxylation is 1. The molecule has 0 radical (unpaired) electrons. The number of sulfonamides is 1. The molecule has 0 aliphatic rings. The molecule has 1 aromatic carbocycles. The molecule has 0 heterocycles. The van der Waals surface area contributed by atoms with Gasteiger partial charge < -0.3 is 10.8 Å². The summed E-state index contributed by atoms with van der Waals surface area (Å²) in [4.78, 5) is -0.452. The first-order valence-corrected chi connectivity index (χ1v) is 7.34. The van der Waals surface area contributed by atoms with Crippen LogP contribution in [0.25, 0.3) is 0 Å². The minimum Gasteiger partial charge on any atom is -0.399 e. The van der Waals surface area contributed by atoms with Crippen molar-refractivity contribution in [2.45, 2.75) is 31.7 Å². The predicted octanol–water partition coefficient (Wildman–Crippen LogP) is 1.11. The molecule has 0 fully saturated rings. The van der Waals surface area contributed by atoms with Gasteiger partial charge in [-0.15, -0.1) is 0 Å². The Labute approximate surface area is 112 Å². The molecule has 0 unspecified atom stereocenters. The topological polar surface area (TPSA) is 83.6 Å². The van der Waals surface area contributed by atoms with Gasteiger partial charge in [-0.2, -0.15) is 4.31 Å². The summed E-state index contributed by atoms with van der Waals surface area (Å²) in [6.45, 7) is 4.35. The van der Waals surface area contributed by atoms with Crippen LogP contribution in [0.2, 0.25) is 0 Å². The molecule has 108 valence electrons. The van der Waals surface area contributed by atoms with Gasteiger partial charge in [-0.25, -0.2) is 12.8 Å². The highest BCUT2D eigenvalue weighted by molar-refractivity contribution is 7.89. The summed E-state index contributed by atoms with van der Waals surface area (Å²) in [5.74, 6) is -0.808. The normalized spacial score (nSPS) is 12.4. The van der Waals surface area contributed by atoms with Crippen molar-refractivity contribution >= 4 is 15.7 Å². The Morgan fingerprint density at radius 1 is 1.42 bits per heavy atom. The first kappa shape index (κ1) is 15.9. The Morgan fingerprint density at radius 2 is 2.00 bits per heavy atom. The van der Waals surface area contributed by atoms with Crippen molar-refractivity contribution in [3.05, 3.63) is 23.5 Å². The molecule has 0 aromatic heterocycles. The first-order valence-electron chi connectivity index (χ1n) is 5.90. The molecule has 7 heteroatoms. The van der Waals surface area contributed by atoms with Crippen LogP contribution >= 0.6 is 0 Å². The highest BCUT2D eigenvalue weighted by atomic mass is 32.2. The fourth-order valence-corrected chi connectivity index (χ4v) is 3.63. The zero-order chi connectivity index (χ0) is 14.8. The van der Waals surface area contributed by atoms with Crippen LogP contribution in [0.1, 0.15) is 19.4 Å². The molecule has 1 rings (SSSR count). The van der Waals surface area contributed by atoms with E-state index in [2.05, 4.69) is 0 Å². The van der Waals surface area contributed by atoms with Crippen molar-refractivity contribution < 1.29 is 17.9 Å². The van der Waals surface area contributed by atoms with Gasteiger partial charge in [0.05, 0.1) is 6.61 Å². The molecule has 1 aromatic rings. The molecule has 0 aliphatic carbocycles. The van der Waals surface area contributed by atoms with Crippen LogP contribution in [0.4, 0.5) is 10.1 Å². The minimum atomic E-state index is -4.02. The summed E-state index contributed by atoms with van der Waals surface area (Å²) < 4.78 is 39.9. The van der Waals surface area contributed by atoms with E-state index in [-0.39, 0.29) is 24.4 Å². The fourth-order valence-electron chi connectivity index (χ4n) is 1.83. The average molecular weight is 290 g/mol. The Bertz CT molecular complexity index is 558. The highest BCUT2D eigenvalue weighted by Gasteiger charge is 2.30. The van der Waals surface area contributed by atoms with Crippen LogP contribution in [0.15, 0.2) is 17.0 Å². The summed E-state index contributed by atoms with van der Waals surface area (Å²) in [7, 11) is -4.02. The summed E-state index contributed by atoms with van der Waals surface area (Å²) >= 11 is 0. The van der Waals surface area contributed by atoms with Crippen LogP contribution in [0.5, 0.6) is 0 Å². The molecule has 0 amide bonds. The van der Waals surface area contributed by atoms with E-state index in [1.54, 1.807) is 13.8 Å². The molecule has 0 atom stereocenters. The Morgan fingerprint density at radius 3 is 2.47 bits per heavy atom. The van der Waals surface area contributed by atoms with Crippen molar-refractivity contribution in [2.75, 3.05) is 18.9 Å². The van der Waals surface area contributed by atoms with Gasteiger partial charge in [0.2, 0.25) is 10.0 Å². The van der Waals surface area contributed by atoms with E-state index >= 15 is 0 Å². The maximum Gasteiger partial charge on any atom is 0.246 e. The lowest BCUT2D eigenvalue weighted by Gasteiger charge is -2.25. The maximum atomic E-state index is 14.0. The zero-order valence-electron chi connectivity index (χ0n) is 11.2. The van der Waals surface area contributed by atoms with E-state index < -0.39 is 26.8 Å². The van der Waals surface area contributed by atoms with Crippen molar-refractivity contribution in [2.24, 2.45) is 0 Å². The molecule has 0 bridgehead atoms. The van der Waals surface area contributed by atoms with Crippen molar-refractivity contribution in [3.8, 4) is 0 Å². The lowest BCUT2D eigenvalue weighted by Crippen LogP contribution is -2.39. The molecular weight excluding hydrogens is 271 g/mol. The number of hydrogen-bond donors (Lipinski definition) is 2. The fraction of sp³-hybridized carbons (Fsp3) is 0.500. The number of rotatable bonds is 5. The number of nitrogen functional groups attached to an aromatic ring is 1. The number of halogens is 1. The maximum absolute atomic E-state index is 14.0. The lowest BCUT2D eigenvalue weighted by atomic mass is 10.2.